The first kappa shape index (κ1) is 10.0. The summed E-state index contributed by atoms with van der Waals surface area (Å²) >= 11 is 0. The Kier molecular flexibility index (Phi) is 2.31. The molecule has 84 valence electrons. The summed E-state index contributed by atoms with van der Waals surface area (Å²) in [7, 11) is 0. The molecule has 1 aromatic carbocycles. The van der Waals surface area contributed by atoms with Gasteiger partial charge in [0, 0.05) is 12.3 Å². The smallest absolute Gasteiger partial charge is 0.140 e. The van der Waals surface area contributed by atoms with Crippen LogP contribution in [0.4, 0.5) is 4.39 Å². The van der Waals surface area contributed by atoms with E-state index in [-0.39, 0.29) is 11.7 Å². The monoisotopic (exact) mass is 218 g/mol. The largest absolute Gasteiger partial charge is 0.299 e. The van der Waals surface area contributed by atoms with E-state index in [1.165, 1.54) is 31.4 Å². The highest BCUT2D eigenvalue weighted by Crippen LogP contribution is 2.47. The Balaban J connectivity index is 1.93. The van der Waals surface area contributed by atoms with Gasteiger partial charge in [-0.1, -0.05) is 12.1 Å². The Morgan fingerprint density at radius 3 is 2.62 bits per heavy atom. The summed E-state index contributed by atoms with van der Waals surface area (Å²) in [5.41, 5.74) is 1.01. The Labute approximate surface area is 94.7 Å². The van der Waals surface area contributed by atoms with Crippen LogP contribution in [0.15, 0.2) is 24.3 Å². The van der Waals surface area contributed by atoms with Gasteiger partial charge in [0.25, 0.3) is 0 Å². The van der Waals surface area contributed by atoms with E-state index in [9.17, 15) is 9.18 Å². The van der Waals surface area contributed by atoms with Crippen molar-refractivity contribution < 1.29 is 9.18 Å². The lowest BCUT2D eigenvalue weighted by molar-refractivity contribution is -0.123. The predicted octanol–water partition coefficient (Wildman–Crippen LogP) is 3.30. The molecule has 1 nitrogen and oxygen atoms in total. The van der Waals surface area contributed by atoms with Crippen LogP contribution in [0.3, 0.4) is 0 Å². The number of carbonyl (C=O) groups is 1. The normalized spacial score (nSPS) is 33.1. The Hall–Kier alpha value is -1.18. The summed E-state index contributed by atoms with van der Waals surface area (Å²) in [5, 5.41) is 0. The zero-order valence-electron chi connectivity index (χ0n) is 9.16. The Bertz CT molecular complexity index is 409. The molecule has 0 radical (unpaired) electrons. The molecule has 0 saturated heterocycles. The average Bonchev–Trinajstić information content (AvgIpc) is 2.64. The lowest BCUT2D eigenvalue weighted by Crippen LogP contribution is -2.25. The molecule has 3 atom stereocenters. The van der Waals surface area contributed by atoms with Gasteiger partial charge in [-0.15, -0.1) is 0 Å². The highest BCUT2D eigenvalue weighted by molar-refractivity contribution is 5.87. The molecule has 16 heavy (non-hydrogen) atoms. The van der Waals surface area contributed by atoms with Gasteiger partial charge in [0.05, 0.1) is 0 Å². The van der Waals surface area contributed by atoms with Crippen molar-refractivity contribution in [2.45, 2.75) is 31.6 Å². The summed E-state index contributed by atoms with van der Waals surface area (Å²) < 4.78 is 12.9. The SMILES string of the molecule is O=C1CC2CCC(C2)C1c1ccc(F)cc1. The van der Waals surface area contributed by atoms with Gasteiger partial charge in [0.15, 0.2) is 0 Å². The van der Waals surface area contributed by atoms with E-state index in [4.69, 9.17) is 0 Å². The minimum absolute atomic E-state index is 0.0411. The maximum Gasteiger partial charge on any atom is 0.140 e. The number of carbonyl (C=O) groups excluding carboxylic acids is 1. The van der Waals surface area contributed by atoms with Gasteiger partial charge in [0.2, 0.25) is 0 Å². The number of Topliss-reactive ketones (excluding diaryl/α,β-unsaturated/α-hetero) is 1. The maximum absolute atomic E-state index is 12.9. The molecule has 2 bridgehead atoms. The van der Waals surface area contributed by atoms with Crippen LogP contribution in [0, 0.1) is 17.7 Å². The molecule has 0 heterocycles. The van der Waals surface area contributed by atoms with E-state index in [1.54, 1.807) is 12.1 Å². The van der Waals surface area contributed by atoms with Crippen molar-refractivity contribution in [2.75, 3.05) is 0 Å². The number of hydrogen-bond acceptors (Lipinski definition) is 1. The van der Waals surface area contributed by atoms with E-state index >= 15 is 0 Å². The summed E-state index contributed by atoms with van der Waals surface area (Å²) in [5.74, 6) is 1.33. The second kappa shape index (κ2) is 3.69. The minimum Gasteiger partial charge on any atom is -0.299 e. The third kappa shape index (κ3) is 1.57. The number of rotatable bonds is 1. The minimum atomic E-state index is -0.226. The van der Waals surface area contributed by atoms with Gasteiger partial charge in [-0.05, 0) is 48.8 Å². The van der Waals surface area contributed by atoms with Crippen molar-refractivity contribution in [3.05, 3.63) is 35.6 Å². The Morgan fingerprint density at radius 2 is 1.88 bits per heavy atom. The lowest BCUT2D eigenvalue weighted by atomic mass is 9.75. The molecule has 3 unspecified atom stereocenters. The van der Waals surface area contributed by atoms with Gasteiger partial charge in [-0.3, -0.25) is 4.79 Å². The van der Waals surface area contributed by atoms with Gasteiger partial charge in [0.1, 0.15) is 11.6 Å². The van der Waals surface area contributed by atoms with Crippen LogP contribution < -0.4 is 0 Å². The predicted molar refractivity (Wildman–Crippen MR) is 59.6 cm³/mol. The number of halogens is 1. The van der Waals surface area contributed by atoms with Crippen LogP contribution in [-0.4, -0.2) is 5.78 Å². The number of hydrogen-bond donors (Lipinski definition) is 0. The maximum atomic E-state index is 12.9. The van der Waals surface area contributed by atoms with Crippen LogP contribution in [0.5, 0.6) is 0 Å². The Morgan fingerprint density at radius 1 is 1.12 bits per heavy atom. The fourth-order valence-electron chi connectivity index (χ4n) is 3.40. The molecule has 2 heteroatoms. The topological polar surface area (TPSA) is 17.1 Å². The molecule has 0 aromatic heterocycles. The third-order valence-corrected chi connectivity index (χ3v) is 4.12. The number of fused-ring (bicyclic) bond motifs is 2. The molecular weight excluding hydrogens is 203 g/mol. The van der Waals surface area contributed by atoms with Crippen LogP contribution in [0.1, 0.15) is 37.2 Å². The zero-order chi connectivity index (χ0) is 11.1. The molecule has 0 N–H and O–H groups in total. The van der Waals surface area contributed by atoms with Crippen molar-refractivity contribution in [2.24, 2.45) is 11.8 Å². The van der Waals surface area contributed by atoms with Crippen molar-refractivity contribution >= 4 is 5.78 Å². The van der Waals surface area contributed by atoms with E-state index in [1.807, 2.05) is 0 Å². The third-order valence-electron chi connectivity index (χ3n) is 4.12. The summed E-state index contributed by atoms with van der Waals surface area (Å²) in [6, 6.07) is 6.47. The molecular formula is C14H15FO. The van der Waals surface area contributed by atoms with E-state index < -0.39 is 0 Å². The van der Waals surface area contributed by atoms with E-state index in [2.05, 4.69) is 0 Å². The van der Waals surface area contributed by atoms with Gasteiger partial charge < -0.3 is 0 Å². The van der Waals surface area contributed by atoms with E-state index in [0.717, 1.165) is 12.0 Å². The first-order valence-electron chi connectivity index (χ1n) is 6.02. The van der Waals surface area contributed by atoms with Gasteiger partial charge in [-0.25, -0.2) is 4.39 Å². The molecule has 2 aliphatic rings. The van der Waals surface area contributed by atoms with Crippen molar-refractivity contribution in [1.82, 2.24) is 0 Å². The van der Waals surface area contributed by atoms with E-state index in [0.29, 0.717) is 17.6 Å². The standard InChI is InChI=1S/C14H15FO/c15-12-5-3-10(4-6-12)14-11-2-1-9(7-11)8-13(14)16/h3-6,9,11,14H,1-2,7-8H2. The van der Waals surface area contributed by atoms with Gasteiger partial charge >= 0.3 is 0 Å². The quantitative estimate of drug-likeness (QED) is 0.706. The van der Waals surface area contributed by atoms with Crippen LogP contribution in [0.25, 0.3) is 0 Å². The summed E-state index contributed by atoms with van der Waals surface area (Å²) in [6.45, 7) is 0. The van der Waals surface area contributed by atoms with Crippen LogP contribution >= 0.6 is 0 Å². The lowest BCUT2D eigenvalue weighted by Gasteiger charge is -2.27. The highest BCUT2D eigenvalue weighted by atomic mass is 19.1. The molecule has 0 spiro atoms. The number of benzene rings is 1. The number of ketones is 1. The second-order valence-electron chi connectivity index (χ2n) is 5.14. The average molecular weight is 218 g/mol. The highest BCUT2D eigenvalue weighted by Gasteiger charge is 2.41. The van der Waals surface area contributed by atoms with Crippen LogP contribution in [-0.2, 0) is 4.79 Å². The van der Waals surface area contributed by atoms with Crippen molar-refractivity contribution in [3.63, 3.8) is 0 Å². The first-order valence-corrected chi connectivity index (χ1v) is 6.02. The molecule has 2 saturated carbocycles. The molecule has 2 fully saturated rings. The molecule has 2 aliphatic carbocycles. The van der Waals surface area contributed by atoms with Crippen molar-refractivity contribution in [1.29, 1.82) is 0 Å². The molecule has 0 amide bonds. The fraction of sp³-hybridized carbons (Fsp3) is 0.500. The summed E-state index contributed by atoms with van der Waals surface area (Å²) in [6.07, 6.45) is 4.29. The molecule has 0 aliphatic heterocycles. The van der Waals surface area contributed by atoms with Gasteiger partial charge in [-0.2, -0.15) is 0 Å². The molecule has 3 rings (SSSR count). The summed E-state index contributed by atoms with van der Waals surface area (Å²) in [4.78, 5) is 12.0. The second-order valence-corrected chi connectivity index (χ2v) is 5.14. The molecule has 1 aromatic rings. The zero-order valence-corrected chi connectivity index (χ0v) is 9.16. The van der Waals surface area contributed by atoms with Crippen molar-refractivity contribution in [3.8, 4) is 0 Å². The van der Waals surface area contributed by atoms with Crippen LogP contribution in [0.2, 0.25) is 0 Å². The first-order chi connectivity index (χ1) is 7.74. The fourth-order valence-corrected chi connectivity index (χ4v) is 3.40.